The Balaban J connectivity index is 2.48. The lowest BCUT2D eigenvalue weighted by molar-refractivity contribution is 0.239. The third kappa shape index (κ3) is 5.01. The fourth-order valence-electron chi connectivity index (χ4n) is 1.92. The van der Waals surface area contributed by atoms with Crippen LogP contribution >= 0.6 is 11.8 Å². The number of rotatable bonds is 7. The third-order valence-electron chi connectivity index (χ3n) is 3.48. The zero-order valence-electron chi connectivity index (χ0n) is 12.0. The van der Waals surface area contributed by atoms with Crippen LogP contribution in [-0.2, 0) is 0 Å². The monoisotopic (exact) mass is 266 g/mol. The molecule has 0 fully saturated rings. The minimum Gasteiger partial charge on any atom is -0.323 e. The van der Waals surface area contributed by atoms with Crippen LogP contribution in [0.5, 0.6) is 0 Å². The van der Waals surface area contributed by atoms with Crippen molar-refractivity contribution in [3.8, 4) is 0 Å². The Bertz CT molecular complexity index is 337. The number of thioether (sulfide) groups is 1. The molecule has 1 aromatic carbocycles. The number of hydrogen-bond acceptors (Lipinski definition) is 3. The van der Waals surface area contributed by atoms with Crippen LogP contribution in [0.4, 0.5) is 0 Å². The number of hydrogen-bond donors (Lipinski definition) is 1. The van der Waals surface area contributed by atoms with Crippen molar-refractivity contribution in [3.63, 3.8) is 0 Å². The molecule has 0 saturated heterocycles. The smallest absolute Gasteiger partial charge is 0.0424 e. The van der Waals surface area contributed by atoms with Gasteiger partial charge < -0.3 is 10.6 Å². The summed E-state index contributed by atoms with van der Waals surface area (Å²) >= 11 is 1.91. The van der Waals surface area contributed by atoms with Crippen LogP contribution in [0.2, 0.25) is 0 Å². The molecule has 0 aliphatic carbocycles. The molecule has 1 aromatic rings. The molecular weight excluding hydrogens is 240 g/mol. The van der Waals surface area contributed by atoms with E-state index < -0.39 is 0 Å². The van der Waals surface area contributed by atoms with Gasteiger partial charge in [-0.1, -0.05) is 29.8 Å². The lowest BCUT2D eigenvalue weighted by atomic mass is 10.0. The molecule has 0 bridgehead atoms. The standard InChI is InChI=1S/C15H26N2S/c1-12-5-7-14(8-6-12)15(16)11-17(3)13(2)9-10-18-4/h5-8,13,15H,9-11,16H2,1-4H3. The molecule has 0 aliphatic rings. The molecule has 3 heteroatoms. The molecule has 0 radical (unpaired) electrons. The third-order valence-corrected chi connectivity index (χ3v) is 4.13. The molecule has 0 aromatic heterocycles. The Kier molecular flexibility index (Phi) is 6.76. The predicted octanol–water partition coefficient (Wildman–Crippen LogP) is 3.07. The van der Waals surface area contributed by atoms with Crippen molar-refractivity contribution in [2.45, 2.75) is 32.4 Å². The van der Waals surface area contributed by atoms with Crippen molar-refractivity contribution in [2.75, 3.05) is 25.6 Å². The Morgan fingerprint density at radius 3 is 2.44 bits per heavy atom. The highest BCUT2D eigenvalue weighted by Gasteiger charge is 2.13. The van der Waals surface area contributed by atoms with Gasteiger partial charge in [-0.05, 0) is 44.9 Å². The Morgan fingerprint density at radius 2 is 1.89 bits per heavy atom. The van der Waals surface area contributed by atoms with Gasteiger partial charge in [0.1, 0.15) is 0 Å². The molecule has 0 amide bonds. The number of benzene rings is 1. The normalized spacial score (nSPS) is 14.8. The zero-order valence-corrected chi connectivity index (χ0v) is 12.8. The van der Waals surface area contributed by atoms with Gasteiger partial charge in [-0.2, -0.15) is 11.8 Å². The van der Waals surface area contributed by atoms with Gasteiger partial charge in [0.2, 0.25) is 0 Å². The highest BCUT2D eigenvalue weighted by atomic mass is 32.2. The van der Waals surface area contributed by atoms with Crippen molar-refractivity contribution in [1.29, 1.82) is 0 Å². The first-order valence-electron chi connectivity index (χ1n) is 6.56. The summed E-state index contributed by atoms with van der Waals surface area (Å²) in [6.45, 7) is 5.29. The minimum atomic E-state index is 0.104. The molecule has 18 heavy (non-hydrogen) atoms. The van der Waals surface area contributed by atoms with Crippen LogP contribution in [0.3, 0.4) is 0 Å². The van der Waals surface area contributed by atoms with E-state index in [4.69, 9.17) is 5.73 Å². The summed E-state index contributed by atoms with van der Waals surface area (Å²) in [6, 6.07) is 9.24. The van der Waals surface area contributed by atoms with Gasteiger partial charge in [-0.15, -0.1) is 0 Å². The quantitative estimate of drug-likeness (QED) is 0.822. The van der Waals surface area contributed by atoms with Gasteiger partial charge in [0.15, 0.2) is 0 Å². The highest BCUT2D eigenvalue weighted by Crippen LogP contribution is 2.14. The number of nitrogens with zero attached hydrogens (tertiary/aromatic N) is 1. The maximum absolute atomic E-state index is 6.27. The topological polar surface area (TPSA) is 29.3 Å². The van der Waals surface area contributed by atoms with Crippen LogP contribution in [-0.4, -0.2) is 36.5 Å². The number of aryl methyl sites for hydroxylation is 1. The van der Waals surface area contributed by atoms with Crippen molar-refractivity contribution in [2.24, 2.45) is 5.73 Å². The molecule has 1 rings (SSSR count). The van der Waals surface area contributed by atoms with Gasteiger partial charge in [0.05, 0.1) is 0 Å². The van der Waals surface area contributed by atoms with Crippen molar-refractivity contribution >= 4 is 11.8 Å². The van der Waals surface area contributed by atoms with E-state index in [-0.39, 0.29) is 6.04 Å². The Morgan fingerprint density at radius 1 is 1.28 bits per heavy atom. The second-order valence-corrected chi connectivity index (χ2v) is 6.07. The van der Waals surface area contributed by atoms with Crippen molar-refractivity contribution in [3.05, 3.63) is 35.4 Å². The van der Waals surface area contributed by atoms with E-state index in [0.717, 1.165) is 6.54 Å². The molecule has 0 aliphatic heterocycles. The first-order valence-corrected chi connectivity index (χ1v) is 7.95. The molecule has 0 saturated carbocycles. The molecule has 0 spiro atoms. The summed E-state index contributed by atoms with van der Waals surface area (Å²) in [7, 11) is 2.17. The average molecular weight is 266 g/mol. The summed E-state index contributed by atoms with van der Waals surface area (Å²) in [5, 5.41) is 0. The predicted molar refractivity (Wildman–Crippen MR) is 83.2 cm³/mol. The minimum absolute atomic E-state index is 0.104. The van der Waals surface area contributed by atoms with E-state index in [1.54, 1.807) is 0 Å². The number of nitrogens with two attached hydrogens (primary N) is 1. The van der Waals surface area contributed by atoms with E-state index in [0.29, 0.717) is 6.04 Å². The zero-order chi connectivity index (χ0) is 13.5. The second kappa shape index (κ2) is 7.82. The molecule has 2 nitrogen and oxygen atoms in total. The van der Waals surface area contributed by atoms with E-state index >= 15 is 0 Å². The van der Waals surface area contributed by atoms with Gasteiger partial charge in [0.25, 0.3) is 0 Å². The average Bonchev–Trinajstić information content (AvgIpc) is 2.36. The van der Waals surface area contributed by atoms with Gasteiger partial charge in [-0.3, -0.25) is 0 Å². The first-order chi connectivity index (χ1) is 8.54. The van der Waals surface area contributed by atoms with Crippen LogP contribution in [0.15, 0.2) is 24.3 Å². The SMILES string of the molecule is CSCCC(C)N(C)CC(N)c1ccc(C)cc1. The molecule has 2 unspecified atom stereocenters. The van der Waals surface area contributed by atoms with E-state index in [1.165, 1.54) is 23.3 Å². The summed E-state index contributed by atoms with van der Waals surface area (Å²) in [5.41, 5.74) is 8.78. The van der Waals surface area contributed by atoms with Gasteiger partial charge >= 0.3 is 0 Å². The summed E-state index contributed by atoms with van der Waals surface area (Å²) in [4.78, 5) is 2.36. The maximum atomic E-state index is 6.27. The van der Waals surface area contributed by atoms with Crippen LogP contribution in [0, 0.1) is 6.92 Å². The maximum Gasteiger partial charge on any atom is 0.0424 e. The first kappa shape index (κ1) is 15.5. The van der Waals surface area contributed by atoms with Crippen molar-refractivity contribution < 1.29 is 0 Å². The number of likely N-dealkylation sites (N-methyl/N-ethyl adjacent to an activating group) is 1. The molecule has 0 heterocycles. The van der Waals surface area contributed by atoms with Gasteiger partial charge in [0, 0.05) is 18.6 Å². The summed E-state index contributed by atoms with van der Waals surface area (Å²) in [6.07, 6.45) is 3.38. The van der Waals surface area contributed by atoms with Crippen LogP contribution in [0.25, 0.3) is 0 Å². The molecule has 2 N–H and O–H groups in total. The second-order valence-electron chi connectivity index (χ2n) is 5.09. The molecule has 2 atom stereocenters. The lowest BCUT2D eigenvalue weighted by Gasteiger charge is -2.27. The van der Waals surface area contributed by atoms with E-state index in [2.05, 4.69) is 56.3 Å². The van der Waals surface area contributed by atoms with Gasteiger partial charge in [-0.25, -0.2) is 0 Å². The fraction of sp³-hybridized carbons (Fsp3) is 0.600. The van der Waals surface area contributed by atoms with E-state index in [1.807, 2.05) is 11.8 Å². The van der Waals surface area contributed by atoms with Crippen LogP contribution < -0.4 is 5.73 Å². The van der Waals surface area contributed by atoms with E-state index in [9.17, 15) is 0 Å². The largest absolute Gasteiger partial charge is 0.323 e. The highest BCUT2D eigenvalue weighted by molar-refractivity contribution is 7.98. The Labute approximate surface area is 116 Å². The lowest BCUT2D eigenvalue weighted by Crippen LogP contribution is -2.35. The Hall–Kier alpha value is -0.510. The molecular formula is C15H26N2S. The van der Waals surface area contributed by atoms with Crippen LogP contribution in [0.1, 0.15) is 30.5 Å². The fourth-order valence-corrected chi connectivity index (χ4v) is 2.49. The molecule has 102 valence electrons. The summed E-state index contributed by atoms with van der Waals surface area (Å²) < 4.78 is 0. The van der Waals surface area contributed by atoms with Crippen molar-refractivity contribution in [1.82, 2.24) is 4.90 Å². The summed E-state index contributed by atoms with van der Waals surface area (Å²) in [5.74, 6) is 1.21.